The molecule has 0 bridgehead atoms. The lowest BCUT2D eigenvalue weighted by Crippen LogP contribution is -2.32. The van der Waals surface area contributed by atoms with E-state index in [1.807, 2.05) is 25.1 Å². The van der Waals surface area contributed by atoms with Gasteiger partial charge in [-0.3, -0.25) is 9.59 Å². The van der Waals surface area contributed by atoms with Crippen molar-refractivity contribution in [3.05, 3.63) is 62.2 Å². The first-order chi connectivity index (χ1) is 15.6. The molecule has 0 fully saturated rings. The molecule has 1 N–H and O–H groups in total. The van der Waals surface area contributed by atoms with Gasteiger partial charge in [0.1, 0.15) is 18.0 Å². The molecule has 8 heteroatoms. The van der Waals surface area contributed by atoms with Crippen LogP contribution >= 0.6 is 0 Å². The minimum Gasteiger partial charge on any atom is -0.460 e. The second kappa shape index (κ2) is 7.46. The van der Waals surface area contributed by atoms with Gasteiger partial charge in [0.25, 0.3) is 5.56 Å². The number of aryl methyl sites for hydroxylation is 1. The predicted molar refractivity (Wildman–Crippen MR) is 121 cm³/mol. The Balaban J connectivity index is 1.82. The summed E-state index contributed by atoms with van der Waals surface area (Å²) in [6.45, 7) is 4.25. The maximum atomic E-state index is 14.4. The SMILES string of the molecule is CCC1(O)CC(=O)OCc2c1cc1n(c2=O)Cc2c-1nc1cc(F)c(C)cc1c2CN(C)C. The zero-order valence-corrected chi connectivity index (χ0v) is 19.2. The Bertz CT molecular complexity index is 1400. The van der Waals surface area contributed by atoms with Crippen LogP contribution < -0.4 is 5.56 Å². The van der Waals surface area contributed by atoms with E-state index in [1.54, 1.807) is 24.5 Å². The molecule has 33 heavy (non-hydrogen) atoms. The van der Waals surface area contributed by atoms with Crippen LogP contribution in [0.25, 0.3) is 22.3 Å². The van der Waals surface area contributed by atoms with Crippen molar-refractivity contribution in [3.8, 4) is 11.4 Å². The summed E-state index contributed by atoms with van der Waals surface area (Å²) >= 11 is 0. The molecule has 0 amide bonds. The summed E-state index contributed by atoms with van der Waals surface area (Å²) in [5.74, 6) is -0.872. The van der Waals surface area contributed by atoms with Crippen LogP contribution in [-0.2, 0) is 34.8 Å². The number of rotatable bonds is 3. The van der Waals surface area contributed by atoms with Crippen LogP contribution in [-0.4, -0.2) is 39.6 Å². The molecule has 3 aromatic rings. The summed E-state index contributed by atoms with van der Waals surface area (Å²) < 4.78 is 21.3. The average Bonchev–Trinajstić information content (AvgIpc) is 3.06. The van der Waals surface area contributed by atoms with Gasteiger partial charge in [-0.05, 0) is 56.3 Å². The Morgan fingerprint density at radius 2 is 2.00 bits per heavy atom. The maximum absolute atomic E-state index is 14.4. The Kier molecular flexibility index (Phi) is 4.91. The molecular formula is C25H26FN3O4. The molecule has 7 nitrogen and oxygen atoms in total. The van der Waals surface area contributed by atoms with Gasteiger partial charge in [-0.2, -0.15) is 0 Å². The van der Waals surface area contributed by atoms with Gasteiger partial charge < -0.3 is 19.3 Å². The highest BCUT2D eigenvalue weighted by Crippen LogP contribution is 2.40. The van der Waals surface area contributed by atoms with Crippen molar-refractivity contribution in [2.45, 2.75) is 52.0 Å². The van der Waals surface area contributed by atoms with Crippen molar-refractivity contribution in [3.63, 3.8) is 0 Å². The summed E-state index contributed by atoms with van der Waals surface area (Å²) in [4.78, 5) is 32.4. The fourth-order valence-electron chi connectivity index (χ4n) is 4.99. The number of carbonyl (C=O) groups is 1. The minimum absolute atomic E-state index is 0.170. The second-order valence-electron chi connectivity index (χ2n) is 9.31. The molecule has 0 saturated heterocycles. The number of esters is 1. The van der Waals surface area contributed by atoms with Gasteiger partial charge in [0.15, 0.2) is 0 Å². The summed E-state index contributed by atoms with van der Waals surface area (Å²) in [6.07, 6.45) is 0.0418. The van der Waals surface area contributed by atoms with Crippen molar-refractivity contribution < 1.29 is 19.0 Å². The Morgan fingerprint density at radius 1 is 1.24 bits per heavy atom. The average molecular weight is 451 g/mol. The third-order valence-electron chi connectivity index (χ3n) is 6.82. The number of benzene rings is 1. The number of carbonyl (C=O) groups excluding carboxylic acids is 1. The van der Waals surface area contributed by atoms with Crippen molar-refractivity contribution in [1.29, 1.82) is 0 Å². The first-order valence-electron chi connectivity index (χ1n) is 11.0. The van der Waals surface area contributed by atoms with E-state index in [0.29, 0.717) is 46.7 Å². The number of nitrogens with zero attached hydrogens (tertiary/aromatic N) is 3. The molecule has 1 unspecified atom stereocenters. The van der Waals surface area contributed by atoms with Gasteiger partial charge in [-0.1, -0.05) is 6.92 Å². The van der Waals surface area contributed by atoms with Crippen LogP contribution in [0.4, 0.5) is 4.39 Å². The van der Waals surface area contributed by atoms with Crippen molar-refractivity contribution in [2.75, 3.05) is 14.1 Å². The highest BCUT2D eigenvalue weighted by Gasteiger charge is 2.39. The predicted octanol–water partition coefficient (Wildman–Crippen LogP) is 2.98. The van der Waals surface area contributed by atoms with Crippen molar-refractivity contribution in [2.24, 2.45) is 0 Å². The highest BCUT2D eigenvalue weighted by molar-refractivity contribution is 5.88. The maximum Gasteiger partial charge on any atom is 0.309 e. The number of hydrogen-bond acceptors (Lipinski definition) is 6. The Hall–Kier alpha value is -3.10. The van der Waals surface area contributed by atoms with Gasteiger partial charge in [0, 0.05) is 23.6 Å². The molecule has 0 spiro atoms. The van der Waals surface area contributed by atoms with Crippen LogP contribution in [0.3, 0.4) is 0 Å². The third-order valence-corrected chi connectivity index (χ3v) is 6.82. The van der Waals surface area contributed by atoms with E-state index in [-0.39, 0.29) is 30.8 Å². The monoisotopic (exact) mass is 451 g/mol. The normalized spacial score (nSPS) is 19.3. The zero-order valence-electron chi connectivity index (χ0n) is 19.2. The largest absolute Gasteiger partial charge is 0.460 e. The molecule has 0 saturated carbocycles. The van der Waals surface area contributed by atoms with E-state index in [9.17, 15) is 19.1 Å². The third kappa shape index (κ3) is 3.28. The fourth-order valence-corrected chi connectivity index (χ4v) is 4.99. The van der Waals surface area contributed by atoms with E-state index >= 15 is 0 Å². The molecule has 172 valence electrons. The number of cyclic esters (lactones) is 1. The first kappa shape index (κ1) is 21.7. The minimum atomic E-state index is -1.49. The smallest absolute Gasteiger partial charge is 0.309 e. The van der Waals surface area contributed by atoms with E-state index < -0.39 is 11.6 Å². The van der Waals surface area contributed by atoms with E-state index in [1.165, 1.54) is 6.07 Å². The quantitative estimate of drug-likeness (QED) is 0.482. The number of ether oxygens (including phenoxy) is 1. The van der Waals surface area contributed by atoms with Crippen LogP contribution in [0.5, 0.6) is 0 Å². The molecule has 2 aliphatic heterocycles. The van der Waals surface area contributed by atoms with E-state index in [0.717, 1.165) is 16.5 Å². The number of hydrogen-bond donors (Lipinski definition) is 1. The summed E-state index contributed by atoms with van der Waals surface area (Å²) in [5, 5.41) is 12.1. The fraction of sp³-hybridized carbons (Fsp3) is 0.400. The number of aromatic nitrogens is 2. The zero-order chi connectivity index (χ0) is 23.7. The molecule has 5 rings (SSSR count). The Morgan fingerprint density at radius 3 is 2.70 bits per heavy atom. The molecule has 2 aromatic heterocycles. The molecular weight excluding hydrogens is 425 g/mol. The van der Waals surface area contributed by atoms with Gasteiger partial charge in [0.05, 0.1) is 35.4 Å². The molecule has 4 heterocycles. The molecule has 2 aliphatic rings. The van der Waals surface area contributed by atoms with Crippen LogP contribution in [0, 0.1) is 12.7 Å². The summed E-state index contributed by atoms with van der Waals surface area (Å²) in [7, 11) is 3.92. The standard InChI is InChI=1S/C25H26FN3O4/c1-5-25(32)9-22(30)33-12-17-18(25)7-21-23-16(11-29(21)24(17)31)15(10-28(3)4)14-6-13(2)19(26)8-20(14)27-23/h6-8,32H,5,9-12H2,1-4H3. The summed E-state index contributed by atoms with van der Waals surface area (Å²) in [5.41, 5.74) is 3.06. The number of fused-ring (bicyclic) bond motifs is 5. The number of pyridine rings is 2. The molecule has 1 atom stereocenters. The van der Waals surface area contributed by atoms with Gasteiger partial charge in [-0.15, -0.1) is 0 Å². The topological polar surface area (TPSA) is 84.7 Å². The van der Waals surface area contributed by atoms with Crippen molar-refractivity contribution in [1.82, 2.24) is 14.5 Å². The second-order valence-corrected chi connectivity index (χ2v) is 9.31. The number of aliphatic hydroxyl groups is 1. The van der Waals surface area contributed by atoms with Crippen molar-refractivity contribution >= 4 is 16.9 Å². The lowest BCUT2D eigenvalue weighted by Gasteiger charge is -2.26. The van der Waals surface area contributed by atoms with E-state index in [2.05, 4.69) is 0 Å². The molecule has 0 aliphatic carbocycles. The van der Waals surface area contributed by atoms with Gasteiger partial charge in [-0.25, -0.2) is 9.37 Å². The number of halogens is 1. The first-order valence-corrected chi connectivity index (χ1v) is 11.0. The van der Waals surface area contributed by atoms with Gasteiger partial charge >= 0.3 is 5.97 Å². The molecule has 1 aromatic carbocycles. The van der Waals surface area contributed by atoms with Crippen LogP contribution in [0.1, 0.15) is 47.6 Å². The van der Waals surface area contributed by atoms with Gasteiger partial charge in [0.2, 0.25) is 0 Å². The summed E-state index contributed by atoms with van der Waals surface area (Å²) in [6, 6.07) is 5.01. The lowest BCUT2D eigenvalue weighted by atomic mass is 9.85. The Labute approximate surface area is 190 Å². The van der Waals surface area contributed by atoms with E-state index in [4.69, 9.17) is 9.72 Å². The highest BCUT2D eigenvalue weighted by atomic mass is 19.1. The van der Waals surface area contributed by atoms with Crippen LogP contribution in [0.2, 0.25) is 0 Å². The lowest BCUT2D eigenvalue weighted by molar-refractivity contribution is -0.149. The molecule has 0 radical (unpaired) electrons. The van der Waals surface area contributed by atoms with Crippen LogP contribution in [0.15, 0.2) is 23.0 Å².